The van der Waals surface area contributed by atoms with Crippen molar-refractivity contribution in [1.29, 1.82) is 0 Å². The number of ether oxygens (including phenoxy) is 2. The van der Waals surface area contributed by atoms with Crippen LogP contribution in [0, 0.1) is 0 Å². The monoisotopic (exact) mass is 286 g/mol. The van der Waals surface area contributed by atoms with Gasteiger partial charge in [-0.1, -0.05) is 0 Å². The largest absolute Gasteiger partial charge is 0.450 e. The van der Waals surface area contributed by atoms with Crippen LogP contribution in [-0.2, 0) is 14.3 Å². The summed E-state index contributed by atoms with van der Waals surface area (Å²) in [4.78, 5) is 25.0. The number of likely N-dealkylation sites (tertiary alicyclic amines) is 1. The zero-order valence-corrected chi connectivity index (χ0v) is 12.7. The third-order valence-electron chi connectivity index (χ3n) is 3.77. The summed E-state index contributed by atoms with van der Waals surface area (Å²) < 4.78 is 10.3. The molecular formula is C14H26N2O4. The van der Waals surface area contributed by atoms with E-state index in [1.807, 2.05) is 4.90 Å². The molecule has 6 nitrogen and oxygen atoms in total. The summed E-state index contributed by atoms with van der Waals surface area (Å²) >= 11 is 0. The third kappa shape index (κ3) is 5.36. The van der Waals surface area contributed by atoms with Crippen molar-refractivity contribution in [3.8, 4) is 0 Å². The van der Waals surface area contributed by atoms with E-state index in [0.717, 1.165) is 25.8 Å². The normalized spacial score (nSPS) is 23.1. The number of carbonyl (C=O) groups excluding carboxylic acids is 2. The standard InChI is InChI=1S/C14H26N2O4/c1-4-20-13(18)15-9-6-12(17)16-10-5-7-14(2,19-3)8-11-16/h4-11H2,1-3H3,(H,15,18)/t14-/m1/s1. The summed E-state index contributed by atoms with van der Waals surface area (Å²) in [5.74, 6) is 0.0714. The van der Waals surface area contributed by atoms with Crippen LogP contribution in [-0.4, -0.2) is 55.9 Å². The van der Waals surface area contributed by atoms with Crippen molar-refractivity contribution < 1.29 is 19.1 Å². The zero-order chi connectivity index (χ0) is 15.0. The van der Waals surface area contributed by atoms with Crippen molar-refractivity contribution in [3.05, 3.63) is 0 Å². The second kappa shape index (κ2) is 8.09. The topological polar surface area (TPSA) is 67.9 Å². The number of methoxy groups -OCH3 is 1. The highest BCUT2D eigenvalue weighted by molar-refractivity contribution is 5.77. The van der Waals surface area contributed by atoms with Gasteiger partial charge in [0.25, 0.3) is 0 Å². The van der Waals surface area contributed by atoms with Crippen LogP contribution in [0.4, 0.5) is 4.79 Å². The molecule has 0 aliphatic carbocycles. The Morgan fingerprint density at radius 1 is 1.30 bits per heavy atom. The number of nitrogens with one attached hydrogen (secondary N) is 1. The molecule has 1 rings (SSSR count). The number of alkyl carbamates (subject to hydrolysis) is 1. The molecule has 2 amide bonds. The Hall–Kier alpha value is -1.30. The fraction of sp³-hybridized carbons (Fsp3) is 0.857. The fourth-order valence-corrected chi connectivity index (χ4v) is 2.32. The van der Waals surface area contributed by atoms with Crippen LogP contribution in [0.1, 0.15) is 39.5 Å². The third-order valence-corrected chi connectivity index (χ3v) is 3.77. The lowest BCUT2D eigenvalue weighted by Crippen LogP contribution is -2.36. The molecule has 0 spiro atoms. The molecule has 0 aromatic heterocycles. The first kappa shape index (κ1) is 16.8. The minimum absolute atomic E-state index is 0.0714. The van der Waals surface area contributed by atoms with Gasteiger partial charge in [-0.15, -0.1) is 0 Å². The molecule has 0 saturated carbocycles. The molecule has 1 saturated heterocycles. The first-order valence-corrected chi connectivity index (χ1v) is 7.24. The van der Waals surface area contributed by atoms with Crippen LogP contribution in [0.2, 0.25) is 0 Å². The molecule has 0 radical (unpaired) electrons. The number of nitrogens with zero attached hydrogens (tertiary/aromatic N) is 1. The quantitative estimate of drug-likeness (QED) is 0.832. The number of amides is 2. The second-order valence-electron chi connectivity index (χ2n) is 5.29. The van der Waals surface area contributed by atoms with Gasteiger partial charge in [0.05, 0.1) is 12.2 Å². The molecule has 1 atom stereocenters. The van der Waals surface area contributed by atoms with Gasteiger partial charge in [-0.05, 0) is 33.1 Å². The fourth-order valence-electron chi connectivity index (χ4n) is 2.32. The van der Waals surface area contributed by atoms with Gasteiger partial charge in [-0.25, -0.2) is 4.79 Å². The van der Waals surface area contributed by atoms with Crippen LogP contribution < -0.4 is 5.32 Å². The number of carbonyl (C=O) groups is 2. The van der Waals surface area contributed by atoms with Gasteiger partial charge in [0, 0.05) is 33.2 Å². The first-order chi connectivity index (χ1) is 9.50. The van der Waals surface area contributed by atoms with E-state index in [4.69, 9.17) is 9.47 Å². The zero-order valence-electron chi connectivity index (χ0n) is 12.7. The van der Waals surface area contributed by atoms with Crippen molar-refractivity contribution in [1.82, 2.24) is 10.2 Å². The molecule has 1 aliphatic rings. The van der Waals surface area contributed by atoms with E-state index in [1.165, 1.54) is 0 Å². The molecule has 0 aromatic carbocycles. The Morgan fingerprint density at radius 3 is 2.70 bits per heavy atom. The van der Waals surface area contributed by atoms with Gasteiger partial charge in [0.2, 0.25) is 5.91 Å². The number of hydrogen-bond donors (Lipinski definition) is 1. The molecule has 6 heteroatoms. The average molecular weight is 286 g/mol. The van der Waals surface area contributed by atoms with E-state index in [2.05, 4.69) is 12.2 Å². The highest BCUT2D eigenvalue weighted by atomic mass is 16.5. The van der Waals surface area contributed by atoms with E-state index in [1.54, 1.807) is 14.0 Å². The molecule has 1 fully saturated rings. The lowest BCUT2D eigenvalue weighted by Gasteiger charge is -2.26. The Kier molecular flexibility index (Phi) is 6.78. The summed E-state index contributed by atoms with van der Waals surface area (Å²) in [5.41, 5.74) is -0.127. The molecule has 1 heterocycles. The summed E-state index contributed by atoms with van der Waals surface area (Å²) in [7, 11) is 1.72. The van der Waals surface area contributed by atoms with Gasteiger partial charge >= 0.3 is 6.09 Å². The molecule has 20 heavy (non-hydrogen) atoms. The van der Waals surface area contributed by atoms with Crippen molar-refractivity contribution >= 4 is 12.0 Å². The van der Waals surface area contributed by atoms with Crippen molar-refractivity contribution in [2.45, 2.75) is 45.1 Å². The summed E-state index contributed by atoms with van der Waals surface area (Å²) in [6.45, 7) is 5.95. The van der Waals surface area contributed by atoms with Gasteiger partial charge in [-0.2, -0.15) is 0 Å². The Balaban J connectivity index is 2.31. The molecule has 0 bridgehead atoms. The second-order valence-corrected chi connectivity index (χ2v) is 5.29. The van der Waals surface area contributed by atoms with E-state index >= 15 is 0 Å². The first-order valence-electron chi connectivity index (χ1n) is 7.24. The van der Waals surface area contributed by atoms with Crippen LogP contribution in [0.5, 0.6) is 0 Å². The highest BCUT2D eigenvalue weighted by Gasteiger charge is 2.28. The Morgan fingerprint density at radius 2 is 2.05 bits per heavy atom. The maximum Gasteiger partial charge on any atom is 0.407 e. The summed E-state index contributed by atoms with van der Waals surface area (Å²) in [6, 6.07) is 0. The molecule has 1 aliphatic heterocycles. The van der Waals surface area contributed by atoms with Crippen LogP contribution >= 0.6 is 0 Å². The lowest BCUT2D eigenvalue weighted by atomic mass is 9.97. The molecule has 0 unspecified atom stereocenters. The van der Waals surface area contributed by atoms with Gasteiger partial charge in [0.1, 0.15) is 0 Å². The van der Waals surface area contributed by atoms with Crippen LogP contribution in [0.25, 0.3) is 0 Å². The average Bonchev–Trinajstić information content (AvgIpc) is 2.62. The van der Waals surface area contributed by atoms with Gasteiger partial charge in [0.15, 0.2) is 0 Å². The maximum absolute atomic E-state index is 12.1. The smallest absolute Gasteiger partial charge is 0.407 e. The molecule has 0 aromatic rings. The van der Waals surface area contributed by atoms with Crippen LogP contribution in [0.15, 0.2) is 0 Å². The Bertz CT molecular complexity index is 335. The predicted octanol–water partition coefficient (Wildman–Crippen LogP) is 1.54. The van der Waals surface area contributed by atoms with Crippen LogP contribution in [0.3, 0.4) is 0 Å². The minimum atomic E-state index is -0.469. The van der Waals surface area contributed by atoms with E-state index in [-0.39, 0.29) is 11.5 Å². The number of hydrogen-bond acceptors (Lipinski definition) is 4. The maximum atomic E-state index is 12.1. The van der Waals surface area contributed by atoms with E-state index in [9.17, 15) is 9.59 Å². The van der Waals surface area contributed by atoms with E-state index < -0.39 is 6.09 Å². The van der Waals surface area contributed by atoms with Crippen molar-refractivity contribution in [3.63, 3.8) is 0 Å². The van der Waals surface area contributed by atoms with Gasteiger partial charge in [-0.3, -0.25) is 4.79 Å². The molecule has 116 valence electrons. The molecular weight excluding hydrogens is 260 g/mol. The summed E-state index contributed by atoms with van der Waals surface area (Å²) in [5, 5.41) is 2.56. The van der Waals surface area contributed by atoms with Crippen molar-refractivity contribution in [2.24, 2.45) is 0 Å². The lowest BCUT2D eigenvalue weighted by molar-refractivity contribution is -0.131. The summed E-state index contributed by atoms with van der Waals surface area (Å²) in [6.07, 6.45) is 2.60. The van der Waals surface area contributed by atoms with Gasteiger partial charge < -0.3 is 19.7 Å². The SMILES string of the molecule is CCOC(=O)NCCC(=O)N1CCC[C@@](C)(OC)CC1. The molecule has 1 N–H and O–H groups in total. The Labute approximate surface area is 120 Å². The highest BCUT2D eigenvalue weighted by Crippen LogP contribution is 2.25. The minimum Gasteiger partial charge on any atom is -0.450 e. The van der Waals surface area contributed by atoms with Crippen molar-refractivity contribution in [2.75, 3.05) is 33.4 Å². The van der Waals surface area contributed by atoms with E-state index in [0.29, 0.717) is 26.1 Å². The number of rotatable bonds is 5. The predicted molar refractivity (Wildman–Crippen MR) is 75.5 cm³/mol.